The van der Waals surface area contributed by atoms with Gasteiger partial charge in [0.25, 0.3) is 5.91 Å². The maximum atomic E-state index is 13.8. The average Bonchev–Trinajstić information content (AvgIpc) is 3.37. The lowest BCUT2D eigenvalue weighted by Gasteiger charge is -2.22. The molecule has 2 aromatic carbocycles. The van der Waals surface area contributed by atoms with Crippen molar-refractivity contribution < 1.29 is 19.4 Å². The molecule has 0 spiro atoms. The second-order valence-corrected chi connectivity index (χ2v) is 10.5. The number of hydrogen-bond acceptors (Lipinski definition) is 7. The Labute approximate surface area is 237 Å². The van der Waals surface area contributed by atoms with Crippen LogP contribution in [0.2, 0.25) is 0 Å². The molecule has 40 heavy (non-hydrogen) atoms. The first-order valence-electron chi connectivity index (χ1n) is 13.4. The average molecular weight is 557 g/mol. The van der Waals surface area contributed by atoms with E-state index in [-0.39, 0.29) is 11.6 Å². The Morgan fingerprint density at radius 3 is 2.58 bits per heavy atom. The number of rotatable bonds is 9. The van der Waals surface area contributed by atoms with E-state index in [4.69, 9.17) is 10.5 Å². The zero-order valence-electron chi connectivity index (χ0n) is 22.6. The summed E-state index contributed by atoms with van der Waals surface area (Å²) in [6.45, 7) is 6.43. The predicted molar refractivity (Wildman–Crippen MR) is 160 cm³/mol. The standard InChI is InChI=1S/C31H32N4O4S/c1-3-13-35(4-2)27-10-9-22(28(34-27)31(37)38)23-17-26-25(29-20(11-14-39-26)12-15-40-29)16-24(23)30(36)33-21-7-5-19(18-32)6-8-21/h5-10,12,15-17H,3-4,11,13-14,18,32H2,1-2H3,(H,33,36)(H,37,38). The number of fused-ring (bicyclic) bond motifs is 3. The molecule has 0 bridgehead atoms. The number of hydrogen-bond donors (Lipinski definition) is 3. The van der Waals surface area contributed by atoms with Crippen molar-refractivity contribution in [2.75, 3.05) is 29.9 Å². The van der Waals surface area contributed by atoms with Crippen LogP contribution < -0.4 is 20.7 Å². The number of aromatic carboxylic acids is 1. The molecule has 0 fully saturated rings. The van der Waals surface area contributed by atoms with Gasteiger partial charge in [0.1, 0.15) is 11.6 Å². The molecule has 1 aliphatic rings. The number of carbonyl (C=O) groups excluding carboxylic acids is 1. The fourth-order valence-corrected chi connectivity index (χ4v) is 5.94. The summed E-state index contributed by atoms with van der Waals surface area (Å²) in [5.41, 5.74) is 10.3. The third-order valence-corrected chi connectivity index (χ3v) is 7.99. The van der Waals surface area contributed by atoms with Gasteiger partial charge in [0.05, 0.1) is 6.61 Å². The number of anilines is 2. The molecule has 9 heteroatoms. The van der Waals surface area contributed by atoms with Gasteiger partial charge >= 0.3 is 5.97 Å². The molecule has 206 valence electrons. The number of nitrogens with one attached hydrogen (secondary N) is 1. The predicted octanol–water partition coefficient (Wildman–Crippen LogP) is 6.06. The number of nitrogens with zero attached hydrogens (tertiary/aromatic N) is 2. The van der Waals surface area contributed by atoms with Gasteiger partial charge < -0.3 is 25.8 Å². The number of ether oxygens (including phenoxy) is 1. The molecule has 3 heterocycles. The van der Waals surface area contributed by atoms with Crippen molar-refractivity contribution in [1.82, 2.24) is 4.98 Å². The van der Waals surface area contributed by atoms with Gasteiger partial charge in [0.15, 0.2) is 5.69 Å². The third kappa shape index (κ3) is 5.43. The summed E-state index contributed by atoms with van der Waals surface area (Å²) in [4.78, 5) is 33.9. The highest BCUT2D eigenvalue weighted by Crippen LogP contribution is 2.43. The van der Waals surface area contributed by atoms with Crippen molar-refractivity contribution in [3.63, 3.8) is 0 Å². The van der Waals surface area contributed by atoms with Gasteiger partial charge in [-0.15, -0.1) is 11.3 Å². The second-order valence-electron chi connectivity index (χ2n) is 9.57. The highest BCUT2D eigenvalue weighted by atomic mass is 32.1. The number of carboxylic acid groups (broad SMARTS) is 1. The lowest BCUT2D eigenvalue weighted by atomic mass is 9.93. The molecule has 0 atom stereocenters. The van der Waals surface area contributed by atoms with Crippen LogP contribution in [0.5, 0.6) is 5.75 Å². The van der Waals surface area contributed by atoms with Crippen molar-refractivity contribution in [3.8, 4) is 27.3 Å². The summed E-state index contributed by atoms with van der Waals surface area (Å²) >= 11 is 1.60. The maximum absolute atomic E-state index is 13.8. The summed E-state index contributed by atoms with van der Waals surface area (Å²) in [5.74, 6) is -0.320. The van der Waals surface area contributed by atoms with Crippen LogP contribution in [0, 0.1) is 0 Å². The maximum Gasteiger partial charge on any atom is 0.355 e. The molecule has 0 radical (unpaired) electrons. The molecule has 5 rings (SSSR count). The second kappa shape index (κ2) is 11.9. The largest absolute Gasteiger partial charge is 0.493 e. The van der Waals surface area contributed by atoms with Crippen molar-refractivity contribution >= 4 is 34.7 Å². The van der Waals surface area contributed by atoms with E-state index in [9.17, 15) is 14.7 Å². The molecule has 0 unspecified atom stereocenters. The minimum atomic E-state index is -1.16. The Kier molecular flexibility index (Phi) is 8.14. The number of thiophene rings is 1. The van der Waals surface area contributed by atoms with Crippen LogP contribution in [0.3, 0.4) is 0 Å². The molecule has 0 aliphatic carbocycles. The number of nitrogens with two attached hydrogens (primary N) is 1. The summed E-state index contributed by atoms with van der Waals surface area (Å²) in [7, 11) is 0. The van der Waals surface area contributed by atoms with Crippen LogP contribution in [0.4, 0.5) is 11.5 Å². The number of aromatic nitrogens is 1. The van der Waals surface area contributed by atoms with Gasteiger partial charge in [-0.3, -0.25) is 4.79 Å². The van der Waals surface area contributed by atoms with E-state index >= 15 is 0 Å². The Morgan fingerprint density at radius 1 is 1.07 bits per heavy atom. The highest BCUT2D eigenvalue weighted by molar-refractivity contribution is 7.13. The minimum absolute atomic E-state index is 0.112. The highest BCUT2D eigenvalue weighted by Gasteiger charge is 2.26. The number of benzene rings is 2. The Morgan fingerprint density at radius 2 is 1.88 bits per heavy atom. The Balaban J connectivity index is 1.67. The normalized spacial score (nSPS) is 12.1. The van der Waals surface area contributed by atoms with Gasteiger partial charge in [0.2, 0.25) is 0 Å². The fraction of sp³-hybridized carbons (Fsp3) is 0.258. The summed E-state index contributed by atoms with van der Waals surface area (Å²) in [6.07, 6.45) is 1.65. The van der Waals surface area contributed by atoms with E-state index in [2.05, 4.69) is 23.3 Å². The van der Waals surface area contributed by atoms with Crippen LogP contribution in [-0.4, -0.2) is 41.7 Å². The van der Waals surface area contributed by atoms with Crippen molar-refractivity contribution in [2.45, 2.75) is 33.2 Å². The summed E-state index contributed by atoms with van der Waals surface area (Å²) < 4.78 is 6.13. The zero-order chi connectivity index (χ0) is 28.2. The molecular formula is C31H32N4O4S. The Hall–Kier alpha value is -4.21. The first-order valence-corrected chi connectivity index (χ1v) is 14.3. The van der Waals surface area contributed by atoms with E-state index in [0.717, 1.165) is 41.0 Å². The van der Waals surface area contributed by atoms with E-state index < -0.39 is 5.97 Å². The van der Waals surface area contributed by atoms with Crippen molar-refractivity contribution in [1.29, 1.82) is 0 Å². The van der Waals surface area contributed by atoms with Gasteiger partial charge in [-0.25, -0.2) is 9.78 Å². The molecule has 0 saturated carbocycles. The summed E-state index contributed by atoms with van der Waals surface area (Å²) in [6, 6.07) is 16.6. The molecule has 1 aliphatic heterocycles. The number of carbonyl (C=O) groups is 2. The molecule has 4 N–H and O–H groups in total. The van der Waals surface area contributed by atoms with Crippen LogP contribution in [-0.2, 0) is 13.0 Å². The number of carboxylic acids is 1. The molecule has 2 aromatic heterocycles. The van der Waals surface area contributed by atoms with Gasteiger partial charge in [-0.05, 0) is 72.3 Å². The van der Waals surface area contributed by atoms with E-state index in [0.29, 0.717) is 53.6 Å². The van der Waals surface area contributed by atoms with Crippen LogP contribution in [0.15, 0.2) is 60.0 Å². The van der Waals surface area contributed by atoms with E-state index in [1.165, 1.54) is 0 Å². The third-order valence-electron chi connectivity index (χ3n) is 7.00. The molecule has 4 aromatic rings. The molecular weight excluding hydrogens is 524 g/mol. The first kappa shape index (κ1) is 27.4. The van der Waals surface area contributed by atoms with Crippen LogP contribution in [0.1, 0.15) is 52.2 Å². The number of pyridine rings is 1. The topological polar surface area (TPSA) is 118 Å². The van der Waals surface area contributed by atoms with Crippen LogP contribution >= 0.6 is 11.3 Å². The van der Waals surface area contributed by atoms with E-state index in [1.54, 1.807) is 35.6 Å². The monoisotopic (exact) mass is 556 g/mol. The van der Waals surface area contributed by atoms with Gasteiger partial charge in [0, 0.05) is 58.9 Å². The SMILES string of the molecule is CCCN(CC)c1ccc(-c2cc3c(cc2C(=O)Nc2ccc(CN)cc2)-c2sccc2CCO3)c(C(=O)O)n1. The van der Waals surface area contributed by atoms with Gasteiger partial charge in [-0.1, -0.05) is 19.1 Å². The lowest BCUT2D eigenvalue weighted by Crippen LogP contribution is -2.25. The molecule has 1 amide bonds. The van der Waals surface area contributed by atoms with Crippen LogP contribution in [0.25, 0.3) is 21.6 Å². The quantitative estimate of drug-likeness (QED) is 0.229. The lowest BCUT2D eigenvalue weighted by molar-refractivity contribution is 0.0691. The number of amides is 1. The van der Waals surface area contributed by atoms with E-state index in [1.807, 2.05) is 41.5 Å². The fourth-order valence-electron chi connectivity index (χ4n) is 4.96. The first-order chi connectivity index (χ1) is 19.4. The van der Waals surface area contributed by atoms with Gasteiger partial charge in [-0.2, -0.15) is 0 Å². The van der Waals surface area contributed by atoms with Crippen molar-refractivity contribution in [2.24, 2.45) is 5.73 Å². The molecule has 8 nitrogen and oxygen atoms in total. The zero-order valence-corrected chi connectivity index (χ0v) is 23.4. The summed E-state index contributed by atoms with van der Waals surface area (Å²) in [5, 5.41) is 15.2. The Bertz CT molecular complexity index is 1550. The smallest absolute Gasteiger partial charge is 0.355 e. The van der Waals surface area contributed by atoms with Crippen molar-refractivity contribution in [3.05, 3.63) is 82.4 Å². The minimum Gasteiger partial charge on any atom is -0.493 e. The molecule has 0 saturated heterocycles.